The minimum atomic E-state index is -1.04. The van der Waals surface area contributed by atoms with Gasteiger partial charge in [0.2, 0.25) is 5.95 Å². The van der Waals surface area contributed by atoms with Gasteiger partial charge < -0.3 is 5.11 Å². The molecule has 2 rings (SSSR count). The van der Waals surface area contributed by atoms with E-state index in [-0.39, 0.29) is 6.42 Å². The Morgan fingerprint density at radius 1 is 1.21 bits per heavy atom. The van der Waals surface area contributed by atoms with Crippen LogP contribution < -0.4 is 0 Å². The quantitative estimate of drug-likeness (QED) is 0.877. The Morgan fingerprint density at radius 3 is 2.58 bits per heavy atom. The first kappa shape index (κ1) is 13.8. The number of aromatic nitrogens is 1. The number of aliphatic carboxylic acids is 1. The van der Waals surface area contributed by atoms with Gasteiger partial charge in [-0.15, -0.1) is 0 Å². The van der Waals surface area contributed by atoms with Crippen LogP contribution in [0, 0.1) is 5.95 Å². The standard InChI is InChI=1S/C13H8Cl2FNO2/c14-9-2-1-8(6-10(9)15)11-3-7(5-13(18)19)4-12(16)17-11/h1-4,6H,5H2,(H,18,19). The fraction of sp³-hybridized carbons (Fsp3) is 0.0769. The third-order valence-electron chi connectivity index (χ3n) is 2.42. The average molecular weight is 300 g/mol. The second-order valence-corrected chi connectivity index (χ2v) is 4.70. The normalized spacial score (nSPS) is 10.5. The van der Waals surface area contributed by atoms with Crippen molar-refractivity contribution in [1.82, 2.24) is 4.98 Å². The summed E-state index contributed by atoms with van der Waals surface area (Å²) in [6.45, 7) is 0. The maximum Gasteiger partial charge on any atom is 0.307 e. The van der Waals surface area contributed by atoms with Crippen molar-refractivity contribution in [2.45, 2.75) is 6.42 Å². The first-order valence-electron chi connectivity index (χ1n) is 5.29. The summed E-state index contributed by atoms with van der Waals surface area (Å²) in [6, 6.07) is 7.37. The molecule has 19 heavy (non-hydrogen) atoms. The van der Waals surface area contributed by atoms with Gasteiger partial charge >= 0.3 is 5.97 Å². The van der Waals surface area contributed by atoms with Crippen molar-refractivity contribution in [3.63, 3.8) is 0 Å². The van der Waals surface area contributed by atoms with E-state index in [0.29, 0.717) is 26.9 Å². The highest BCUT2D eigenvalue weighted by molar-refractivity contribution is 6.42. The predicted molar refractivity (Wildman–Crippen MR) is 71.0 cm³/mol. The molecule has 0 aliphatic heterocycles. The molecule has 6 heteroatoms. The van der Waals surface area contributed by atoms with Crippen LogP contribution in [0.4, 0.5) is 4.39 Å². The zero-order chi connectivity index (χ0) is 14.0. The Morgan fingerprint density at radius 2 is 1.95 bits per heavy atom. The molecule has 0 saturated heterocycles. The highest BCUT2D eigenvalue weighted by Gasteiger charge is 2.09. The number of nitrogens with zero attached hydrogens (tertiary/aromatic N) is 1. The summed E-state index contributed by atoms with van der Waals surface area (Å²) in [6.07, 6.45) is -0.270. The van der Waals surface area contributed by atoms with Crippen molar-refractivity contribution < 1.29 is 14.3 Å². The van der Waals surface area contributed by atoms with Gasteiger partial charge in [0.05, 0.1) is 22.2 Å². The third kappa shape index (κ3) is 3.43. The molecule has 0 amide bonds. The molecule has 0 bridgehead atoms. The Hall–Kier alpha value is -1.65. The van der Waals surface area contributed by atoms with Crippen LogP contribution in [0.1, 0.15) is 5.56 Å². The van der Waals surface area contributed by atoms with Gasteiger partial charge in [-0.25, -0.2) is 4.98 Å². The molecule has 0 atom stereocenters. The van der Waals surface area contributed by atoms with Gasteiger partial charge in [-0.3, -0.25) is 4.79 Å². The number of hydrogen-bond donors (Lipinski definition) is 1. The van der Waals surface area contributed by atoms with Gasteiger partial charge in [0.15, 0.2) is 0 Å². The monoisotopic (exact) mass is 299 g/mol. The van der Waals surface area contributed by atoms with Crippen molar-refractivity contribution in [3.05, 3.63) is 51.9 Å². The van der Waals surface area contributed by atoms with Gasteiger partial charge in [-0.1, -0.05) is 29.3 Å². The number of pyridine rings is 1. The summed E-state index contributed by atoms with van der Waals surface area (Å²) >= 11 is 11.7. The van der Waals surface area contributed by atoms with E-state index in [9.17, 15) is 9.18 Å². The first-order chi connectivity index (χ1) is 8.95. The molecule has 0 aliphatic rings. The fourth-order valence-electron chi connectivity index (χ4n) is 1.63. The van der Waals surface area contributed by atoms with Crippen molar-refractivity contribution in [3.8, 4) is 11.3 Å². The van der Waals surface area contributed by atoms with Crippen LogP contribution in [-0.4, -0.2) is 16.1 Å². The minimum Gasteiger partial charge on any atom is -0.481 e. The van der Waals surface area contributed by atoms with Gasteiger partial charge in [0.1, 0.15) is 0 Å². The number of halogens is 3. The van der Waals surface area contributed by atoms with Crippen LogP contribution in [-0.2, 0) is 11.2 Å². The molecule has 98 valence electrons. The molecule has 3 nitrogen and oxygen atoms in total. The van der Waals surface area contributed by atoms with Crippen LogP contribution in [0.3, 0.4) is 0 Å². The highest BCUT2D eigenvalue weighted by atomic mass is 35.5. The van der Waals surface area contributed by atoms with Crippen LogP contribution in [0.5, 0.6) is 0 Å². The molecule has 2 aromatic rings. The zero-order valence-electron chi connectivity index (χ0n) is 9.53. The predicted octanol–water partition coefficient (Wildman–Crippen LogP) is 3.82. The number of hydrogen-bond acceptors (Lipinski definition) is 2. The molecule has 1 heterocycles. The number of carboxylic acids is 1. The van der Waals surface area contributed by atoms with Crippen molar-refractivity contribution in [1.29, 1.82) is 0 Å². The van der Waals surface area contributed by atoms with Crippen LogP contribution >= 0.6 is 23.2 Å². The Bertz CT molecular complexity index is 647. The number of carbonyl (C=O) groups is 1. The summed E-state index contributed by atoms with van der Waals surface area (Å²) in [7, 11) is 0. The number of carboxylic acid groups (broad SMARTS) is 1. The summed E-state index contributed by atoms with van der Waals surface area (Å²) in [5.74, 6) is -1.77. The van der Waals surface area contributed by atoms with E-state index in [0.717, 1.165) is 6.07 Å². The van der Waals surface area contributed by atoms with E-state index in [2.05, 4.69) is 4.98 Å². The van der Waals surface area contributed by atoms with Gasteiger partial charge in [-0.2, -0.15) is 4.39 Å². The molecule has 1 aromatic heterocycles. The van der Waals surface area contributed by atoms with E-state index in [1.165, 1.54) is 6.07 Å². The zero-order valence-corrected chi connectivity index (χ0v) is 11.0. The van der Waals surface area contributed by atoms with Crippen molar-refractivity contribution in [2.75, 3.05) is 0 Å². The molecule has 0 radical (unpaired) electrons. The lowest BCUT2D eigenvalue weighted by atomic mass is 10.1. The molecule has 0 spiro atoms. The van der Waals surface area contributed by atoms with E-state index in [1.807, 2.05) is 0 Å². The van der Waals surface area contributed by atoms with Gasteiger partial charge in [0.25, 0.3) is 0 Å². The molecule has 0 unspecified atom stereocenters. The summed E-state index contributed by atoms with van der Waals surface area (Å²) in [5, 5.41) is 9.42. The van der Waals surface area contributed by atoms with Crippen molar-refractivity contribution >= 4 is 29.2 Å². The highest BCUT2D eigenvalue weighted by Crippen LogP contribution is 2.28. The molecule has 0 saturated carbocycles. The smallest absolute Gasteiger partial charge is 0.307 e. The van der Waals surface area contributed by atoms with Crippen LogP contribution in [0.2, 0.25) is 10.0 Å². The molecule has 0 fully saturated rings. The molecule has 1 N–H and O–H groups in total. The maximum atomic E-state index is 13.4. The Labute approximate surface area is 118 Å². The number of rotatable bonds is 3. The summed E-state index contributed by atoms with van der Waals surface area (Å²) in [4.78, 5) is 14.4. The fourth-order valence-corrected chi connectivity index (χ4v) is 1.93. The van der Waals surface area contributed by atoms with E-state index in [1.54, 1.807) is 18.2 Å². The third-order valence-corrected chi connectivity index (χ3v) is 3.16. The van der Waals surface area contributed by atoms with Crippen LogP contribution in [0.25, 0.3) is 11.3 Å². The second kappa shape index (κ2) is 5.55. The van der Waals surface area contributed by atoms with E-state index < -0.39 is 11.9 Å². The number of benzene rings is 1. The minimum absolute atomic E-state index is 0.270. The lowest BCUT2D eigenvalue weighted by molar-refractivity contribution is -0.136. The first-order valence-corrected chi connectivity index (χ1v) is 6.05. The lowest BCUT2D eigenvalue weighted by Gasteiger charge is -2.05. The van der Waals surface area contributed by atoms with E-state index in [4.69, 9.17) is 28.3 Å². The summed E-state index contributed by atoms with van der Waals surface area (Å²) in [5.41, 5.74) is 1.22. The van der Waals surface area contributed by atoms with Crippen molar-refractivity contribution in [2.24, 2.45) is 0 Å². The topological polar surface area (TPSA) is 50.2 Å². The van der Waals surface area contributed by atoms with Gasteiger partial charge in [-0.05, 0) is 29.8 Å². The largest absolute Gasteiger partial charge is 0.481 e. The molecular formula is C13H8Cl2FNO2. The second-order valence-electron chi connectivity index (χ2n) is 3.88. The summed E-state index contributed by atoms with van der Waals surface area (Å²) < 4.78 is 13.4. The average Bonchev–Trinajstić information content (AvgIpc) is 2.31. The van der Waals surface area contributed by atoms with E-state index >= 15 is 0 Å². The Kier molecular flexibility index (Phi) is 4.02. The molecular weight excluding hydrogens is 292 g/mol. The maximum absolute atomic E-state index is 13.4. The Balaban J connectivity index is 2.46. The van der Waals surface area contributed by atoms with Crippen LogP contribution in [0.15, 0.2) is 30.3 Å². The SMILES string of the molecule is O=C(O)Cc1cc(F)nc(-c2ccc(Cl)c(Cl)c2)c1. The lowest BCUT2D eigenvalue weighted by Crippen LogP contribution is -2.02. The van der Waals surface area contributed by atoms with Gasteiger partial charge in [0, 0.05) is 5.56 Å². The molecule has 0 aliphatic carbocycles. The molecule has 1 aromatic carbocycles.